The van der Waals surface area contributed by atoms with Crippen molar-refractivity contribution in [2.75, 3.05) is 25.2 Å². The standard InChI is InChI=1S/C22H20N2O5/c1-28-21(26)14-29-19-8-4-6-17-16(19)10-11-23(22(17)27)13-20(25)24-12-9-15-5-2-3-7-18(15)24/h2-8,10-11H,9,12-14H2,1H3. The third kappa shape index (κ3) is 3.59. The van der Waals surface area contributed by atoms with Crippen LogP contribution in [0.2, 0.25) is 0 Å². The summed E-state index contributed by atoms with van der Waals surface area (Å²) in [7, 11) is 1.28. The van der Waals surface area contributed by atoms with Crippen LogP contribution < -0.4 is 15.2 Å². The van der Waals surface area contributed by atoms with Crippen molar-refractivity contribution in [2.24, 2.45) is 0 Å². The number of nitrogens with zero attached hydrogens (tertiary/aromatic N) is 2. The summed E-state index contributed by atoms with van der Waals surface area (Å²) in [5.74, 6) is -0.224. The van der Waals surface area contributed by atoms with Crippen LogP contribution in [0.15, 0.2) is 59.5 Å². The molecule has 2 aromatic carbocycles. The van der Waals surface area contributed by atoms with Gasteiger partial charge in [0.15, 0.2) is 6.61 Å². The molecule has 1 aliphatic rings. The summed E-state index contributed by atoms with van der Waals surface area (Å²) in [6, 6.07) is 14.6. The Balaban J connectivity index is 1.59. The highest BCUT2D eigenvalue weighted by Crippen LogP contribution is 2.28. The van der Waals surface area contributed by atoms with Crippen molar-refractivity contribution in [1.82, 2.24) is 4.57 Å². The number of amides is 1. The van der Waals surface area contributed by atoms with E-state index in [2.05, 4.69) is 4.74 Å². The maximum absolute atomic E-state index is 12.9. The highest BCUT2D eigenvalue weighted by atomic mass is 16.6. The number of fused-ring (bicyclic) bond motifs is 2. The van der Waals surface area contributed by atoms with Gasteiger partial charge in [-0.1, -0.05) is 24.3 Å². The van der Waals surface area contributed by atoms with E-state index in [0.29, 0.717) is 23.1 Å². The van der Waals surface area contributed by atoms with E-state index < -0.39 is 5.97 Å². The van der Waals surface area contributed by atoms with Crippen LogP contribution in [0.3, 0.4) is 0 Å². The molecule has 0 spiro atoms. The van der Waals surface area contributed by atoms with E-state index in [1.54, 1.807) is 35.4 Å². The fourth-order valence-corrected chi connectivity index (χ4v) is 3.56. The van der Waals surface area contributed by atoms with Gasteiger partial charge in [0, 0.05) is 23.8 Å². The molecule has 0 saturated carbocycles. The lowest BCUT2D eigenvalue weighted by molar-refractivity contribution is -0.142. The Morgan fingerprint density at radius 2 is 1.86 bits per heavy atom. The molecular formula is C22H20N2O5. The van der Waals surface area contributed by atoms with Gasteiger partial charge in [-0.25, -0.2) is 4.79 Å². The zero-order valence-electron chi connectivity index (χ0n) is 16.0. The molecule has 0 unspecified atom stereocenters. The number of para-hydroxylation sites is 1. The highest BCUT2D eigenvalue weighted by molar-refractivity contribution is 5.95. The van der Waals surface area contributed by atoms with Gasteiger partial charge in [-0.2, -0.15) is 0 Å². The van der Waals surface area contributed by atoms with Crippen LogP contribution >= 0.6 is 0 Å². The average Bonchev–Trinajstić information content (AvgIpc) is 3.18. The second-order valence-electron chi connectivity index (χ2n) is 6.76. The van der Waals surface area contributed by atoms with Crippen LogP contribution in [0.4, 0.5) is 5.69 Å². The molecule has 1 aliphatic heterocycles. The molecule has 0 bridgehead atoms. The molecule has 148 valence electrons. The predicted octanol–water partition coefficient (Wildman–Crippen LogP) is 2.14. The molecule has 0 fully saturated rings. The number of carbonyl (C=O) groups is 2. The van der Waals surface area contributed by atoms with Crippen molar-refractivity contribution in [3.05, 3.63) is 70.6 Å². The molecule has 0 saturated heterocycles. The van der Waals surface area contributed by atoms with Gasteiger partial charge < -0.3 is 18.9 Å². The van der Waals surface area contributed by atoms with E-state index >= 15 is 0 Å². The zero-order chi connectivity index (χ0) is 20.4. The first-order chi connectivity index (χ1) is 14.1. The third-order valence-corrected chi connectivity index (χ3v) is 5.05. The van der Waals surface area contributed by atoms with Crippen molar-refractivity contribution in [3.63, 3.8) is 0 Å². The summed E-state index contributed by atoms with van der Waals surface area (Å²) >= 11 is 0. The molecular weight excluding hydrogens is 372 g/mol. The van der Waals surface area contributed by atoms with Crippen LogP contribution in [0, 0.1) is 0 Å². The van der Waals surface area contributed by atoms with Crippen molar-refractivity contribution in [3.8, 4) is 5.75 Å². The predicted molar refractivity (Wildman–Crippen MR) is 108 cm³/mol. The fourth-order valence-electron chi connectivity index (χ4n) is 3.56. The van der Waals surface area contributed by atoms with Gasteiger partial charge in [0.2, 0.25) is 5.91 Å². The number of anilines is 1. The molecule has 1 amide bonds. The summed E-state index contributed by atoms with van der Waals surface area (Å²) in [4.78, 5) is 38.8. The molecule has 0 radical (unpaired) electrons. The number of hydrogen-bond acceptors (Lipinski definition) is 5. The van der Waals surface area contributed by atoms with Crippen LogP contribution in [0.1, 0.15) is 5.56 Å². The minimum atomic E-state index is -0.508. The fraction of sp³-hybridized carbons (Fsp3) is 0.227. The van der Waals surface area contributed by atoms with Gasteiger partial charge in [0.05, 0.1) is 12.5 Å². The number of ether oxygens (including phenoxy) is 2. The number of carbonyl (C=O) groups excluding carboxylic acids is 2. The Hall–Kier alpha value is -3.61. The molecule has 0 aliphatic carbocycles. The summed E-state index contributed by atoms with van der Waals surface area (Å²) < 4.78 is 11.4. The molecule has 7 nitrogen and oxygen atoms in total. The SMILES string of the molecule is COC(=O)COc1cccc2c(=O)n(CC(=O)N3CCc4ccccc43)ccc12. The molecule has 4 rings (SSSR count). The summed E-state index contributed by atoms with van der Waals surface area (Å²) in [6.45, 7) is 0.327. The van der Waals surface area contributed by atoms with Gasteiger partial charge >= 0.3 is 5.97 Å². The quantitative estimate of drug-likeness (QED) is 0.622. The van der Waals surface area contributed by atoms with Gasteiger partial charge in [-0.3, -0.25) is 9.59 Å². The number of aromatic nitrogens is 1. The number of rotatable bonds is 5. The second kappa shape index (κ2) is 7.79. The Kier molecular flexibility index (Phi) is 5.03. The summed E-state index contributed by atoms with van der Waals surface area (Å²) in [6.07, 6.45) is 2.39. The van der Waals surface area contributed by atoms with E-state index in [9.17, 15) is 14.4 Å². The van der Waals surface area contributed by atoms with Gasteiger partial charge in [-0.15, -0.1) is 0 Å². The van der Waals surface area contributed by atoms with Gasteiger partial charge in [0.25, 0.3) is 5.56 Å². The normalized spacial score (nSPS) is 12.7. The van der Waals surface area contributed by atoms with Crippen LogP contribution in [-0.2, 0) is 27.3 Å². The van der Waals surface area contributed by atoms with Gasteiger partial charge in [-0.05, 0) is 36.2 Å². The van der Waals surface area contributed by atoms with Crippen LogP contribution in [0.5, 0.6) is 5.75 Å². The first-order valence-electron chi connectivity index (χ1n) is 9.28. The third-order valence-electron chi connectivity index (χ3n) is 5.05. The lowest BCUT2D eigenvalue weighted by Crippen LogP contribution is -2.35. The molecule has 7 heteroatoms. The number of pyridine rings is 1. The Morgan fingerprint density at radius 3 is 2.69 bits per heavy atom. The van der Waals surface area contributed by atoms with Crippen LogP contribution in [-0.4, -0.2) is 36.7 Å². The Morgan fingerprint density at radius 1 is 1.03 bits per heavy atom. The molecule has 1 aromatic heterocycles. The minimum Gasteiger partial charge on any atom is -0.481 e. The minimum absolute atomic E-state index is 0.0453. The summed E-state index contributed by atoms with van der Waals surface area (Å²) in [5, 5.41) is 1.00. The number of hydrogen-bond donors (Lipinski definition) is 0. The molecule has 29 heavy (non-hydrogen) atoms. The van der Waals surface area contributed by atoms with Crippen molar-refractivity contribution >= 4 is 28.3 Å². The smallest absolute Gasteiger partial charge is 0.343 e. The zero-order valence-corrected chi connectivity index (χ0v) is 16.0. The monoisotopic (exact) mass is 392 g/mol. The average molecular weight is 392 g/mol. The topological polar surface area (TPSA) is 77.8 Å². The molecule has 2 heterocycles. The highest BCUT2D eigenvalue weighted by Gasteiger charge is 2.24. The van der Waals surface area contributed by atoms with E-state index in [0.717, 1.165) is 17.7 Å². The lowest BCUT2D eigenvalue weighted by atomic mass is 10.1. The molecule has 0 N–H and O–H groups in total. The largest absolute Gasteiger partial charge is 0.481 e. The van der Waals surface area contributed by atoms with Crippen molar-refractivity contribution in [1.29, 1.82) is 0 Å². The Bertz CT molecular complexity index is 1150. The van der Waals surface area contributed by atoms with Crippen molar-refractivity contribution in [2.45, 2.75) is 13.0 Å². The van der Waals surface area contributed by atoms with E-state index in [1.165, 1.54) is 11.7 Å². The number of benzene rings is 2. The van der Waals surface area contributed by atoms with Crippen molar-refractivity contribution < 1.29 is 19.1 Å². The summed E-state index contributed by atoms with van der Waals surface area (Å²) in [5.41, 5.74) is 1.76. The first-order valence-corrected chi connectivity index (χ1v) is 9.28. The second-order valence-corrected chi connectivity index (χ2v) is 6.76. The van der Waals surface area contributed by atoms with E-state index in [4.69, 9.17) is 4.74 Å². The number of esters is 1. The molecule has 0 atom stereocenters. The van der Waals surface area contributed by atoms with E-state index in [1.807, 2.05) is 24.3 Å². The maximum atomic E-state index is 12.9. The maximum Gasteiger partial charge on any atom is 0.343 e. The van der Waals surface area contributed by atoms with Gasteiger partial charge in [0.1, 0.15) is 12.3 Å². The lowest BCUT2D eigenvalue weighted by Gasteiger charge is -2.18. The first kappa shape index (κ1) is 18.7. The van der Waals surface area contributed by atoms with E-state index in [-0.39, 0.29) is 24.6 Å². The van der Waals surface area contributed by atoms with Crippen LogP contribution in [0.25, 0.3) is 10.8 Å². The number of methoxy groups -OCH3 is 1. The molecule has 3 aromatic rings. The Labute approximate surface area is 167 Å².